The van der Waals surface area contributed by atoms with Gasteiger partial charge in [0.15, 0.2) is 11.6 Å². The number of amides is 4. The Balaban J connectivity index is 0.000000221. The third kappa shape index (κ3) is 19.7. The zero-order valence-corrected chi connectivity index (χ0v) is 69.6. The molecule has 2 N–H and O–H groups in total. The van der Waals surface area contributed by atoms with Crippen LogP contribution < -0.4 is 28.4 Å². The Morgan fingerprint density at radius 3 is 1.23 bits per heavy atom. The number of carbonyl (C=O) groups is 8. The minimum Gasteiger partial charge on any atom is -0.491 e. The van der Waals surface area contributed by atoms with E-state index >= 15 is 0 Å². The largest absolute Gasteiger partial charge is 0.491 e. The zero-order valence-electron chi connectivity index (χ0n) is 67.9. The van der Waals surface area contributed by atoms with E-state index in [9.17, 15) is 55.2 Å². The number of allylic oxidation sites excluding steroid dienone is 4. The van der Waals surface area contributed by atoms with Gasteiger partial charge in [-0.15, -0.1) is 0 Å². The second kappa shape index (κ2) is 33.8. The Hall–Kier alpha value is -8.00. The van der Waals surface area contributed by atoms with Crippen molar-refractivity contribution in [2.75, 3.05) is 26.3 Å². The molecule has 0 unspecified atom stereocenters. The highest BCUT2D eigenvalue weighted by atomic mass is 32.2. The van der Waals surface area contributed by atoms with Crippen LogP contribution in [0.5, 0.6) is 23.3 Å². The normalized spacial score (nSPS) is 29.9. The molecule has 14 atom stereocenters. The van der Waals surface area contributed by atoms with Crippen LogP contribution in [-0.4, -0.2) is 155 Å². The summed E-state index contributed by atoms with van der Waals surface area (Å²) >= 11 is 0. The Bertz CT molecular complexity index is 4220. The van der Waals surface area contributed by atoms with Gasteiger partial charge in [0.1, 0.15) is 34.9 Å². The van der Waals surface area contributed by atoms with Crippen molar-refractivity contribution in [2.24, 2.45) is 58.2 Å². The second-order valence-electron chi connectivity index (χ2n) is 36.0. The number of benzene rings is 2. The molecule has 2 aromatic heterocycles. The Morgan fingerprint density at radius 1 is 0.536 bits per heavy atom. The summed E-state index contributed by atoms with van der Waals surface area (Å²) in [5.41, 5.74) is -4.02. The first-order chi connectivity index (χ1) is 52.7. The molecule has 24 nitrogen and oxygen atoms in total. The van der Waals surface area contributed by atoms with Gasteiger partial charge in [-0.05, 0) is 193 Å². The van der Waals surface area contributed by atoms with Gasteiger partial charge in [0, 0.05) is 47.2 Å². The van der Waals surface area contributed by atoms with Crippen molar-refractivity contribution in [3.8, 4) is 23.3 Å². The van der Waals surface area contributed by atoms with Crippen LogP contribution in [0, 0.1) is 58.2 Å². The van der Waals surface area contributed by atoms with Crippen LogP contribution in [0.3, 0.4) is 0 Å². The summed E-state index contributed by atoms with van der Waals surface area (Å²) in [5, 5.41) is 3.09. The van der Waals surface area contributed by atoms with Crippen LogP contribution in [-0.2, 0) is 67.9 Å². The molecule has 26 heteroatoms. The monoisotopic (exact) mass is 1590 g/mol. The molecule has 612 valence electrons. The van der Waals surface area contributed by atoms with Crippen LogP contribution in [0.4, 0.5) is 0 Å². The summed E-state index contributed by atoms with van der Waals surface area (Å²) in [5.74, 6) is -3.98. The van der Waals surface area contributed by atoms with Gasteiger partial charge in [-0.1, -0.05) is 102 Å². The minimum absolute atomic E-state index is 0.0572. The van der Waals surface area contributed by atoms with Crippen molar-refractivity contribution >= 4 is 88.7 Å². The van der Waals surface area contributed by atoms with Crippen molar-refractivity contribution < 1.29 is 83.6 Å². The quantitative estimate of drug-likeness (QED) is 0.0613. The number of pyridine rings is 2. The molecule has 2 saturated heterocycles. The number of fused-ring (bicyclic) bond motifs is 6. The van der Waals surface area contributed by atoms with E-state index < -0.39 is 111 Å². The van der Waals surface area contributed by atoms with E-state index in [1.807, 2.05) is 101 Å². The third-order valence-electron chi connectivity index (χ3n) is 24.1. The standard InChI is InChI=1S/2C43H59N3O9S/c2*1-8-19-53-36-25-44-38(32-16-12-11-15-31(32)36)54-30-21-34-35(47)24-43(40(50)45-56(51,52)42(7)17-18-42)23-29(43)14-10-9-13-27(2)20-28(3)33(39(49)46(34)26-30)22-37(48)55-41(4,5)6/h2*10-12,14-16,25,27-30,33-34H,8-9,13,17-24,26H2,1-7H3,(H,45,50)/b2*14-10-/t27-,28+,29+,30+,33-,34-,43+;27-,28-,29-,30-,33+,34+,43-/m01/s1. The van der Waals surface area contributed by atoms with E-state index in [0.717, 1.165) is 60.1 Å². The zero-order chi connectivity index (χ0) is 81.3. The van der Waals surface area contributed by atoms with Crippen LogP contribution in [0.2, 0.25) is 0 Å². The summed E-state index contributed by atoms with van der Waals surface area (Å²) in [6, 6.07) is 13.3. The molecule has 8 aliphatic rings. The minimum atomic E-state index is -3.95. The Kier molecular flexibility index (Phi) is 25.6. The molecular weight excluding hydrogens is 1470 g/mol. The molecule has 4 aliphatic carbocycles. The van der Waals surface area contributed by atoms with Gasteiger partial charge in [0.25, 0.3) is 0 Å². The molecule has 6 fully saturated rings. The Labute approximate surface area is 661 Å². The number of aromatic nitrogens is 2. The van der Waals surface area contributed by atoms with Crippen LogP contribution in [0.1, 0.15) is 225 Å². The number of ketones is 2. The number of hydrogen-bond acceptors (Lipinski definition) is 20. The fraction of sp³-hybridized carbons (Fsp3) is 0.651. The topological polar surface area (TPSA) is 317 Å². The summed E-state index contributed by atoms with van der Waals surface area (Å²) < 4.78 is 92.1. The number of esters is 2. The van der Waals surface area contributed by atoms with E-state index in [1.54, 1.807) is 67.8 Å². The average Bonchev–Trinajstić information content (AvgIpc) is 1.57. The average molecular weight is 1590 g/mol. The molecule has 0 spiro atoms. The molecular formula is C86H118N6O18S2. The third-order valence-corrected chi connectivity index (χ3v) is 28.4. The van der Waals surface area contributed by atoms with Crippen molar-refractivity contribution in [1.29, 1.82) is 0 Å². The maximum absolute atomic E-state index is 14.9. The lowest BCUT2D eigenvalue weighted by Gasteiger charge is -2.32. The fourth-order valence-corrected chi connectivity index (χ4v) is 19.4. The lowest BCUT2D eigenvalue weighted by atomic mass is 9.82. The number of rotatable bonds is 20. The highest BCUT2D eigenvalue weighted by molar-refractivity contribution is 7.92. The lowest BCUT2D eigenvalue weighted by Crippen LogP contribution is -2.48. The van der Waals surface area contributed by atoms with Crippen molar-refractivity contribution in [2.45, 2.75) is 270 Å². The van der Waals surface area contributed by atoms with Crippen LogP contribution in [0.15, 0.2) is 85.2 Å². The molecule has 6 heterocycles. The van der Waals surface area contributed by atoms with E-state index in [-0.39, 0.29) is 111 Å². The maximum atomic E-state index is 14.9. The summed E-state index contributed by atoms with van der Waals surface area (Å²) in [6.07, 6.45) is 18.0. The Morgan fingerprint density at radius 2 is 0.893 bits per heavy atom. The molecule has 4 saturated carbocycles. The van der Waals surface area contributed by atoms with Gasteiger partial charge in [0.05, 0.1) is 95.8 Å². The first-order valence-corrected chi connectivity index (χ1v) is 43.6. The van der Waals surface area contributed by atoms with E-state index in [1.165, 1.54) is 9.80 Å². The highest BCUT2D eigenvalue weighted by Crippen LogP contribution is 2.59. The fourth-order valence-electron chi connectivity index (χ4n) is 16.7. The van der Waals surface area contributed by atoms with Crippen LogP contribution >= 0.6 is 0 Å². The molecule has 4 aromatic rings. The first-order valence-electron chi connectivity index (χ1n) is 40.6. The van der Waals surface area contributed by atoms with Gasteiger partial charge in [-0.2, -0.15) is 0 Å². The summed E-state index contributed by atoms with van der Waals surface area (Å²) in [6.45, 7) is 27.4. The molecule has 2 aromatic carbocycles. The van der Waals surface area contributed by atoms with Gasteiger partial charge in [-0.3, -0.25) is 47.8 Å². The summed E-state index contributed by atoms with van der Waals surface area (Å²) in [7, 11) is -7.90. The van der Waals surface area contributed by atoms with Gasteiger partial charge in [0.2, 0.25) is 55.4 Å². The second-order valence-corrected chi connectivity index (χ2v) is 40.4. The molecule has 112 heavy (non-hydrogen) atoms. The van der Waals surface area contributed by atoms with Crippen molar-refractivity contribution in [3.05, 3.63) is 85.2 Å². The summed E-state index contributed by atoms with van der Waals surface area (Å²) in [4.78, 5) is 126. The molecule has 12 rings (SSSR count). The van der Waals surface area contributed by atoms with E-state index in [0.29, 0.717) is 87.8 Å². The van der Waals surface area contributed by atoms with Crippen LogP contribution in [0.25, 0.3) is 21.5 Å². The SMILES string of the molecule is CCCOc1cnc(O[C@@H]2C[C@H]3C(=O)C[C@]4(C(=O)NS(=O)(=O)C5(C)CC5)C[C@H]4/C=C\CC[C@@H](C)C[C@@H](C)[C@H](CC(=O)OC(C)(C)C)C(=O)N3C2)c2ccccc12.CCCOc1cnc(O[C@@H]2C[C@H]3C(=O)C[C@]4(C(=O)NS(=O)(=O)C5(C)CC5)C[C@H]4/C=C\CC[C@H](C)C[C@@H](C)[C@H](CC(=O)OC(C)(C)C)C(=O)N3C2)c2ccccc12. The smallest absolute Gasteiger partial charge is 0.307 e. The predicted octanol–water partition coefficient (Wildman–Crippen LogP) is 13.4. The van der Waals surface area contributed by atoms with Crippen molar-refractivity contribution in [3.63, 3.8) is 0 Å². The van der Waals surface area contributed by atoms with E-state index in [2.05, 4.69) is 33.3 Å². The number of sulfonamides is 2. The molecule has 4 amide bonds. The van der Waals surface area contributed by atoms with Gasteiger partial charge < -0.3 is 38.2 Å². The molecule has 0 radical (unpaired) electrons. The maximum Gasteiger partial charge on any atom is 0.307 e. The molecule has 0 bridgehead atoms. The lowest BCUT2D eigenvalue weighted by molar-refractivity contribution is -0.160. The predicted molar refractivity (Wildman–Crippen MR) is 424 cm³/mol. The first kappa shape index (κ1) is 84.9. The number of Topliss-reactive ketones (excluding diaryl/α,β-unsaturated/α-hetero) is 2. The molecule has 4 aliphatic heterocycles. The highest BCUT2D eigenvalue weighted by Gasteiger charge is 2.65. The number of nitrogens with zero attached hydrogens (tertiary/aromatic N) is 4. The van der Waals surface area contributed by atoms with Gasteiger partial charge in [-0.25, -0.2) is 26.8 Å². The number of nitrogens with one attached hydrogen (secondary N) is 2. The van der Waals surface area contributed by atoms with E-state index in [4.69, 9.17) is 28.4 Å². The van der Waals surface area contributed by atoms with Gasteiger partial charge >= 0.3 is 11.9 Å². The van der Waals surface area contributed by atoms with Crippen molar-refractivity contribution in [1.82, 2.24) is 29.2 Å². The number of hydrogen-bond donors (Lipinski definition) is 2. The number of ether oxygens (including phenoxy) is 6. The number of carbonyl (C=O) groups excluding carboxylic acids is 8.